The van der Waals surface area contributed by atoms with Crippen LogP contribution in [0.2, 0.25) is 0 Å². The molecule has 4 aliphatic rings. The van der Waals surface area contributed by atoms with Gasteiger partial charge in [0.25, 0.3) is 0 Å². The summed E-state index contributed by atoms with van der Waals surface area (Å²) in [4.78, 5) is 50.4. The number of carbonyl (C=O) groups excluding carboxylic acids is 4. The summed E-state index contributed by atoms with van der Waals surface area (Å²) >= 11 is 0. The van der Waals surface area contributed by atoms with Gasteiger partial charge >= 0.3 is 11.9 Å². The van der Waals surface area contributed by atoms with Crippen LogP contribution in [-0.2, 0) is 28.7 Å². The molecule has 6 heteroatoms. The van der Waals surface area contributed by atoms with Crippen LogP contribution in [0.15, 0.2) is 47.6 Å². The molecule has 0 saturated heterocycles. The van der Waals surface area contributed by atoms with Gasteiger partial charge in [0, 0.05) is 23.0 Å². The van der Waals surface area contributed by atoms with Crippen LogP contribution in [0.3, 0.4) is 0 Å². The molecule has 0 heterocycles. The van der Waals surface area contributed by atoms with Crippen LogP contribution in [0.4, 0.5) is 0 Å². The van der Waals surface area contributed by atoms with Crippen molar-refractivity contribution in [1.29, 1.82) is 0 Å². The van der Waals surface area contributed by atoms with Crippen LogP contribution in [-0.4, -0.2) is 37.7 Å². The second-order valence-electron chi connectivity index (χ2n) is 6.57. The first-order valence-corrected chi connectivity index (χ1v) is 8.26. The van der Waals surface area contributed by atoms with E-state index in [0.717, 1.165) is 11.1 Å². The van der Waals surface area contributed by atoms with Gasteiger partial charge in [-0.25, -0.2) is 0 Å². The van der Waals surface area contributed by atoms with Crippen LogP contribution >= 0.6 is 0 Å². The van der Waals surface area contributed by atoms with E-state index in [2.05, 4.69) is 0 Å². The Morgan fingerprint density at radius 1 is 0.769 bits per heavy atom. The quantitative estimate of drug-likeness (QED) is 0.592. The van der Waals surface area contributed by atoms with Gasteiger partial charge in [-0.2, -0.15) is 0 Å². The molecule has 6 nitrogen and oxygen atoms in total. The summed E-state index contributed by atoms with van der Waals surface area (Å²) in [5, 5.41) is 0. The first kappa shape index (κ1) is 16.4. The summed E-state index contributed by atoms with van der Waals surface area (Å²) < 4.78 is 9.88. The van der Waals surface area contributed by atoms with E-state index >= 15 is 0 Å². The smallest absolute Gasteiger partial charge is 0.310 e. The summed E-state index contributed by atoms with van der Waals surface area (Å²) in [5.74, 6) is -5.02. The van der Waals surface area contributed by atoms with Gasteiger partial charge in [0.05, 0.1) is 26.1 Å². The first-order chi connectivity index (χ1) is 12.5. The summed E-state index contributed by atoms with van der Waals surface area (Å²) in [6.07, 6.45) is 2.46. The molecule has 0 aromatic heterocycles. The number of hydrogen-bond acceptors (Lipinski definition) is 6. The van der Waals surface area contributed by atoms with Crippen molar-refractivity contribution >= 4 is 23.5 Å². The Morgan fingerprint density at radius 3 is 1.50 bits per heavy atom. The monoisotopic (exact) mass is 352 g/mol. The highest BCUT2D eigenvalue weighted by molar-refractivity contribution is 6.23. The van der Waals surface area contributed by atoms with Crippen LogP contribution in [0, 0.1) is 11.8 Å². The molecule has 1 aromatic rings. The minimum Gasteiger partial charge on any atom is -0.469 e. The lowest BCUT2D eigenvalue weighted by atomic mass is 9.52. The van der Waals surface area contributed by atoms with Crippen LogP contribution in [0.5, 0.6) is 0 Å². The van der Waals surface area contributed by atoms with Crippen molar-refractivity contribution in [3.05, 3.63) is 58.7 Å². The van der Waals surface area contributed by atoms with E-state index in [1.165, 1.54) is 26.4 Å². The molecule has 0 saturated carbocycles. The van der Waals surface area contributed by atoms with Gasteiger partial charge in [0.1, 0.15) is 0 Å². The van der Waals surface area contributed by atoms with E-state index in [-0.39, 0.29) is 11.6 Å². The summed E-state index contributed by atoms with van der Waals surface area (Å²) in [7, 11) is 2.49. The van der Waals surface area contributed by atoms with Crippen molar-refractivity contribution in [3.8, 4) is 0 Å². The Balaban J connectivity index is 2.05. The first-order valence-electron chi connectivity index (χ1n) is 8.26. The summed E-state index contributed by atoms with van der Waals surface area (Å²) in [6.45, 7) is 0. The molecule has 0 amide bonds. The van der Waals surface area contributed by atoms with Gasteiger partial charge in [-0.3, -0.25) is 19.2 Å². The van der Waals surface area contributed by atoms with Gasteiger partial charge in [0.2, 0.25) is 0 Å². The number of fused-ring (bicyclic) bond motifs is 1. The molecular formula is C20H16O6. The Labute approximate surface area is 149 Å². The number of esters is 2. The molecule has 2 bridgehead atoms. The van der Waals surface area contributed by atoms with Gasteiger partial charge in [0.15, 0.2) is 11.6 Å². The molecule has 132 valence electrons. The molecule has 0 N–H and O–H groups in total. The van der Waals surface area contributed by atoms with Crippen molar-refractivity contribution in [2.24, 2.45) is 11.8 Å². The lowest BCUT2D eigenvalue weighted by Gasteiger charge is -2.48. The second kappa shape index (κ2) is 5.76. The van der Waals surface area contributed by atoms with E-state index in [4.69, 9.17) is 9.47 Å². The topological polar surface area (TPSA) is 86.7 Å². The summed E-state index contributed by atoms with van der Waals surface area (Å²) in [5.41, 5.74) is 2.17. The molecule has 0 fully saturated rings. The van der Waals surface area contributed by atoms with E-state index in [1.807, 2.05) is 24.3 Å². The van der Waals surface area contributed by atoms with Crippen LogP contribution in [0.1, 0.15) is 23.0 Å². The predicted molar refractivity (Wildman–Crippen MR) is 89.1 cm³/mol. The maximum absolute atomic E-state index is 12.6. The van der Waals surface area contributed by atoms with Crippen LogP contribution in [0.25, 0.3) is 0 Å². The van der Waals surface area contributed by atoms with E-state index in [1.54, 1.807) is 0 Å². The maximum atomic E-state index is 12.6. The molecule has 0 spiro atoms. The Hall–Kier alpha value is -3.02. The fraction of sp³-hybridized carbons (Fsp3) is 0.300. The second-order valence-corrected chi connectivity index (χ2v) is 6.57. The van der Waals surface area contributed by atoms with Gasteiger partial charge in [-0.05, 0) is 23.3 Å². The van der Waals surface area contributed by atoms with Crippen molar-refractivity contribution in [1.82, 2.24) is 0 Å². The highest BCUT2D eigenvalue weighted by Gasteiger charge is 2.59. The molecule has 4 aliphatic carbocycles. The number of hydrogen-bond donors (Lipinski definition) is 0. The highest BCUT2D eigenvalue weighted by Crippen LogP contribution is 2.59. The molecule has 1 aromatic carbocycles. The molecule has 26 heavy (non-hydrogen) atoms. The lowest BCUT2D eigenvalue weighted by Crippen LogP contribution is -2.50. The Kier molecular flexibility index (Phi) is 3.64. The number of allylic oxidation sites excluding steroid dienone is 4. The Morgan fingerprint density at radius 2 is 1.15 bits per heavy atom. The SMILES string of the molecule is COC(=O)C1C2C3=C(C(=O)C=CC3=O)C(c3ccccc32)C1C(=O)OC. The van der Waals surface area contributed by atoms with E-state index < -0.39 is 35.6 Å². The average Bonchev–Trinajstić information content (AvgIpc) is 2.68. The van der Waals surface area contributed by atoms with Crippen molar-refractivity contribution in [3.63, 3.8) is 0 Å². The molecular weight excluding hydrogens is 336 g/mol. The average molecular weight is 352 g/mol. The number of methoxy groups -OCH3 is 2. The van der Waals surface area contributed by atoms with E-state index in [9.17, 15) is 19.2 Å². The fourth-order valence-electron chi connectivity index (χ4n) is 4.62. The molecule has 4 atom stereocenters. The number of ketones is 2. The molecule has 5 rings (SSSR count). The van der Waals surface area contributed by atoms with E-state index in [0.29, 0.717) is 11.1 Å². The largest absolute Gasteiger partial charge is 0.469 e. The number of carbonyl (C=O) groups is 4. The van der Waals surface area contributed by atoms with Crippen molar-refractivity contribution in [2.75, 3.05) is 14.2 Å². The standard InChI is InChI=1S/C20H16O6/c1-25-19(23)17-13-9-5-3-4-6-10(9)14(18(17)20(24)26-2)16-12(22)8-7-11(21)15(13)16/h3-8,13-14,17-18H,1-2H3. The van der Waals surface area contributed by atoms with Gasteiger partial charge in [-0.15, -0.1) is 0 Å². The van der Waals surface area contributed by atoms with Gasteiger partial charge in [-0.1, -0.05) is 24.3 Å². The zero-order valence-corrected chi connectivity index (χ0v) is 14.2. The lowest BCUT2D eigenvalue weighted by molar-refractivity contribution is -0.160. The number of ether oxygens (including phenoxy) is 2. The predicted octanol–water partition coefficient (Wildman–Crippen LogP) is 1.46. The molecule has 4 unspecified atom stereocenters. The van der Waals surface area contributed by atoms with Crippen molar-refractivity contribution < 1.29 is 28.7 Å². The third-order valence-electron chi connectivity index (χ3n) is 5.55. The third kappa shape index (κ3) is 1.98. The van der Waals surface area contributed by atoms with Crippen molar-refractivity contribution in [2.45, 2.75) is 11.8 Å². The number of rotatable bonds is 2. The molecule has 0 aliphatic heterocycles. The third-order valence-corrected chi connectivity index (χ3v) is 5.55. The molecule has 0 radical (unpaired) electrons. The minimum absolute atomic E-state index is 0.303. The number of benzene rings is 1. The Bertz CT molecular complexity index is 849. The van der Waals surface area contributed by atoms with Gasteiger partial charge < -0.3 is 9.47 Å². The highest BCUT2D eigenvalue weighted by atomic mass is 16.5. The fourth-order valence-corrected chi connectivity index (χ4v) is 4.62. The zero-order chi connectivity index (χ0) is 18.6. The zero-order valence-electron chi connectivity index (χ0n) is 14.2. The minimum atomic E-state index is -0.908. The maximum Gasteiger partial charge on any atom is 0.310 e. The summed E-state index contributed by atoms with van der Waals surface area (Å²) in [6, 6.07) is 7.28. The van der Waals surface area contributed by atoms with Crippen LogP contribution < -0.4 is 0 Å². The normalized spacial score (nSPS) is 28.5.